The maximum absolute atomic E-state index is 12.5. The molecule has 4 rings (SSSR count). The van der Waals surface area contributed by atoms with Crippen LogP contribution < -0.4 is 5.32 Å². The van der Waals surface area contributed by atoms with Crippen LogP contribution >= 0.6 is 0 Å². The summed E-state index contributed by atoms with van der Waals surface area (Å²) >= 11 is 0. The minimum absolute atomic E-state index is 0.161. The van der Waals surface area contributed by atoms with E-state index in [4.69, 9.17) is 4.74 Å². The van der Waals surface area contributed by atoms with E-state index in [0.717, 1.165) is 18.8 Å². The first-order chi connectivity index (χ1) is 12.3. The highest BCUT2D eigenvalue weighted by Crippen LogP contribution is 2.38. The van der Waals surface area contributed by atoms with Gasteiger partial charge in [-0.2, -0.15) is 5.10 Å². The molecule has 0 unspecified atom stereocenters. The summed E-state index contributed by atoms with van der Waals surface area (Å²) in [6, 6.07) is 14.0. The molecule has 2 fully saturated rings. The number of ether oxygens (including phenoxy) is 1. The molecule has 2 heterocycles. The molecule has 6 nitrogen and oxygen atoms in total. The highest BCUT2D eigenvalue weighted by atomic mass is 16.5. The third kappa shape index (κ3) is 4.21. The molecule has 1 atom stereocenters. The minimum atomic E-state index is -0.484. The molecule has 1 amide bonds. The van der Waals surface area contributed by atoms with Gasteiger partial charge in [0.15, 0.2) is 5.82 Å². The van der Waals surface area contributed by atoms with Gasteiger partial charge in [0.1, 0.15) is 6.10 Å². The monoisotopic (exact) mass is 338 g/mol. The van der Waals surface area contributed by atoms with Gasteiger partial charge in [-0.1, -0.05) is 30.3 Å². The van der Waals surface area contributed by atoms with E-state index in [1.807, 2.05) is 30.3 Å². The van der Waals surface area contributed by atoms with Gasteiger partial charge in [0, 0.05) is 25.6 Å². The number of hydrogen-bond acceptors (Lipinski definition) is 5. The van der Waals surface area contributed by atoms with Gasteiger partial charge in [0.2, 0.25) is 0 Å². The molecule has 0 spiro atoms. The maximum Gasteiger partial charge on any atom is 0.256 e. The van der Waals surface area contributed by atoms with E-state index in [2.05, 4.69) is 32.5 Å². The molecule has 1 saturated heterocycles. The Kier molecular flexibility index (Phi) is 4.72. The van der Waals surface area contributed by atoms with Crippen molar-refractivity contribution in [2.45, 2.75) is 31.4 Å². The number of aromatic nitrogens is 2. The standard InChI is InChI=1S/C19H22N4O2/c24-19(20-18-9-8-16(21-22-18)15-6-7-15)17-13-23(10-11-25-17)12-14-4-2-1-3-5-14/h1-5,8-9,15,17H,6-7,10-13H2,(H,20,22,24)/t17-/m1/s1. The van der Waals surface area contributed by atoms with Gasteiger partial charge in [0.05, 0.1) is 12.3 Å². The second kappa shape index (κ2) is 7.29. The number of amides is 1. The quantitative estimate of drug-likeness (QED) is 0.905. The van der Waals surface area contributed by atoms with E-state index in [0.29, 0.717) is 24.9 Å². The number of carbonyl (C=O) groups is 1. The van der Waals surface area contributed by atoms with Gasteiger partial charge >= 0.3 is 0 Å². The number of carbonyl (C=O) groups excluding carboxylic acids is 1. The van der Waals surface area contributed by atoms with Crippen molar-refractivity contribution in [2.24, 2.45) is 0 Å². The van der Waals surface area contributed by atoms with Crippen LogP contribution in [-0.4, -0.2) is 46.8 Å². The third-order valence-electron chi connectivity index (χ3n) is 4.62. The van der Waals surface area contributed by atoms with Crippen molar-refractivity contribution in [3.8, 4) is 0 Å². The molecule has 1 aromatic carbocycles. The summed E-state index contributed by atoms with van der Waals surface area (Å²) in [5, 5.41) is 11.1. The molecule has 25 heavy (non-hydrogen) atoms. The predicted octanol–water partition coefficient (Wildman–Crippen LogP) is 2.19. The van der Waals surface area contributed by atoms with Crippen LogP contribution in [0, 0.1) is 0 Å². The van der Waals surface area contributed by atoms with Crippen LogP contribution in [0.2, 0.25) is 0 Å². The number of hydrogen-bond donors (Lipinski definition) is 1. The van der Waals surface area contributed by atoms with E-state index in [9.17, 15) is 4.79 Å². The largest absolute Gasteiger partial charge is 0.366 e. The molecule has 6 heteroatoms. The summed E-state index contributed by atoms with van der Waals surface area (Å²) in [5.41, 5.74) is 2.26. The third-order valence-corrected chi connectivity index (χ3v) is 4.62. The van der Waals surface area contributed by atoms with Crippen molar-refractivity contribution < 1.29 is 9.53 Å². The first-order valence-corrected chi connectivity index (χ1v) is 8.80. The van der Waals surface area contributed by atoms with Gasteiger partial charge in [-0.3, -0.25) is 9.69 Å². The molecular formula is C19H22N4O2. The zero-order chi connectivity index (χ0) is 17.1. The number of benzene rings is 1. The number of morpholine rings is 1. The predicted molar refractivity (Wildman–Crippen MR) is 94.1 cm³/mol. The smallest absolute Gasteiger partial charge is 0.256 e. The molecule has 1 aliphatic carbocycles. The Labute approximate surface area is 147 Å². The van der Waals surface area contributed by atoms with Gasteiger partial charge < -0.3 is 10.1 Å². The van der Waals surface area contributed by atoms with E-state index >= 15 is 0 Å². The highest BCUT2D eigenvalue weighted by Gasteiger charge is 2.28. The van der Waals surface area contributed by atoms with Crippen molar-refractivity contribution in [2.75, 3.05) is 25.0 Å². The van der Waals surface area contributed by atoms with Crippen molar-refractivity contribution >= 4 is 11.7 Å². The van der Waals surface area contributed by atoms with Crippen molar-refractivity contribution in [3.63, 3.8) is 0 Å². The molecule has 0 bridgehead atoms. The average Bonchev–Trinajstić information content (AvgIpc) is 3.49. The molecule has 0 radical (unpaired) electrons. The lowest BCUT2D eigenvalue weighted by Gasteiger charge is -2.32. The van der Waals surface area contributed by atoms with E-state index in [-0.39, 0.29) is 5.91 Å². The highest BCUT2D eigenvalue weighted by molar-refractivity contribution is 5.93. The molecule has 1 aromatic heterocycles. The second-order valence-electron chi connectivity index (χ2n) is 6.69. The average molecular weight is 338 g/mol. The van der Waals surface area contributed by atoms with Crippen LogP contribution in [-0.2, 0) is 16.1 Å². The first-order valence-electron chi connectivity index (χ1n) is 8.80. The van der Waals surface area contributed by atoms with Gasteiger partial charge in [0.25, 0.3) is 5.91 Å². The van der Waals surface area contributed by atoms with Crippen molar-refractivity contribution in [1.29, 1.82) is 0 Å². The van der Waals surface area contributed by atoms with Crippen LogP contribution in [0.4, 0.5) is 5.82 Å². The van der Waals surface area contributed by atoms with Gasteiger partial charge in [-0.05, 0) is 30.5 Å². The molecule has 1 saturated carbocycles. The summed E-state index contributed by atoms with van der Waals surface area (Å²) in [6.07, 6.45) is 1.89. The minimum Gasteiger partial charge on any atom is -0.366 e. The van der Waals surface area contributed by atoms with E-state index in [1.165, 1.54) is 18.4 Å². The zero-order valence-electron chi connectivity index (χ0n) is 14.1. The van der Waals surface area contributed by atoms with Crippen LogP contribution in [0.5, 0.6) is 0 Å². The molecule has 2 aliphatic rings. The van der Waals surface area contributed by atoms with Gasteiger partial charge in [-0.15, -0.1) is 5.10 Å². The van der Waals surface area contributed by atoms with Crippen molar-refractivity contribution in [1.82, 2.24) is 15.1 Å². The molecule has 130 valence electrons. The van der Waals surface area contributed by atoms with Crippen molar-refractivity contribution in [3.05, 3.63) is 53.7 Å². The second-order valence-corrected chi connectivity index (χ2v) is 6.69. The van der Waals surface area contributed by atoms with Crippen LogP contribution in [0.15, 0.2) is 42.5 Å². The lowest BCUT2D eigenvalue weighted by Crippen LogP contribution is -2.47. The fraction of sp³-hybridized carbons (Fsp3) is 0.421. The zero-order valence-corrected chi connectivity index (χ0v) is 14.1. The molecule has 2 aromatic rings. The fourth-order valence-electron chi connectivity index (χ4n) is 3.06. The summed E-state index contributed by atoms with van der Waals surface area (Å²) in [4.78, 5) is 14.7. The normalized spacial score (nSPS) is 21.0. The topological polar surface area (TPSA) is 67.4 Å². The lowest BCUT2D eigenvalue weighted by atomic mass is 10.2. The SMILES string of the molecule is O=C(Nc1ccc(C2CC2)nn1)[C@H]1CN(Cc2ccccc2)CCO1. The van der Waals surface area contributed by atoms with E-state index < -0.39 is 6.10 Å². The Hall–Kier alpha value is -2.31. The number of nitrogens with one attached hydrogen (secondary N) is 1. The van der Waals surface area contributed by atoms with Crippen LogP contribution in [0.3, 0.4) is 0 Å². The van der Waals surface area contributed by atoms with Crippen LogP contribution in [0.1, 0.15) is 30.0 Å². The van der Waals surface area contributed by atoms with E-state index in [1.54, 1.807) is 0 Å². The number of nitrogens with zero attached hydrogens (tertiary/aromatic N) is 3. The first kappa shape index (κ1) is 16.2. The summed E-state index contributed by atoms with van der Waals surface area (Å²) in [6.45, 7) is 2.78. The Balaban J connectivity index is 1.33. The maximum atomic E-state index is 12.5. The Morgan fingerprint density at radius 2 is 2.00 bits per heavy atom. The summed E-state index contributed by atoms with van der Waals surface area (Å²) < 4.78 is 5.65. The fourth-order valence-corrected chi connectivity index (χ4v) is 3.06. The lowest BCUT2D eigenvalue weighted by molar-refractivity contribution is -0.133. The summed E-state index contributed by atoms with van der Waals surface area (Å²) in [5.74, 6) is 0.884. The van der Waals surface area contributed by atoms with Gasteiger partial charge in [-0.25, -0.2) is 0 Å². The molecule has 1 N–H and O–H groups in total. The van der Waals surface area contributed by atoms with Crippen LogP contribution in [0.25, 0.3) is 0 Å². The molecule has 1 aliphatic heterocycles. The Morgan fingerprint density at radius 3 is 2.72 bits per heavy atom. The molecular weight excluding hydrogens is 316 g/mol. The summed E-state index contributed by atoms with van der Waals surface area (Å²) in [7, 11) is 0. The number of anilines is 1. The number of rotatable bonds is 5. The Bertz CT molecular complexity index is 716. The Morgan fingerprint density at radius 1 is 1.16 bits per heavy atom.